The van der Waals surface area contributed by atoms with Gasteiger partial charge in [-0.25, -0.2) is 9.37 Å². The van der Waals surface area contributed by atoms with E-state index < -0.39 is 6.04 Å². The number of methoxy groups -OCH3 is 1. The predicted molar refractivity (Wildman–Crippen MR) is 72.2 cm³/mol. The molecule has 1 heterocycles. The molecule has 1 atom stereocenters. The highest BCUT2D eigenvalue weighted by Crippen LogP contribution is 2.28. The minimum Gasteiger partial charge on any atom is -0.496 e. The number of nitrogen functional groups attached to an aromatic ring is 1. The van der Waals surface area contributed by atoms with E-state index in [1.807, 2.05) is 6.07 Å². The van der Waals surface area contributed by atoms with Crippen molar-refractivity contribution in [1.29, 1.82) is 0 Å². The summed E-state index contributed by atoms with van der Waals surface area (Å²) in [6, 6.07) is 7.70. The van der Waals surface area contributed by atoms with E-state index in [-0.39, 0.29) is 5.82 Å². The quantitative estimate of drug-likeness (QED) is 0.883. The molecule has 0 amide bonds. The second-order valence-electron chi connectivity index (χ2n) is 4.26. The van der Waals surface area contributed by atoms with Crippen molar-refractivity contribution in [2.24, 2.45) is 5.73 Å². The van der Waals surface area contributed by atoms with Gasteiger partial charge in [0.2, 0.25) is 0 Å². The van der Waals surface area contributed by atoms with Crippen LogP contribution in [0.2, 0.25) is 0 Å². The molecule has 0 spiro atoms. The Kier molecular flexibility index (Phi) is 3.97. The van der Waals surface area contributed by atoms with Crippen LogP contribution in [-0.4, -0.2) is 12.1 Å². The SMILES string of the molecule is COc1cccc(F)c1C(N)Cc1ccnc(N)c1. The van der Waals surface area contributed by atoms with Crippen LogP contribution in [0, 0.1) is 5.82 Å². The Hall–Kier alpha value is -2.14. The highest BCUT2D eigenvalue weighted by molar-refractivity contribution is 5.39. The Morgan fingerprint density at radius 1 is 1.37 bits per heavy atom. The fourth-order valence-corrected chi connectivity index (χ4v) is 2.03. The van der Waals surface area contributed by atoms with Crippen molar-refractivity contribution in [1.82, 2.24) is 4.98 Å². The lowest BCUT2D eigenvalue weighted by Gasteiger charge is -2.16. The second kappa shape index (κ2) is 5.67. The molecule has 0 bridgehead atoms. The van der Waals surface area contributed by atoms with Crippen LogP contribution in [0.25, 0.3) is 0 Å². The van der Waals surface area contributed by atoms with Crippen LogP contribution in [0.3, 0.4) is 0 Å². The average Bonchev–Trinajstić information content (AvgIpc) is 2.38. The lowest BCUT2D eigenvalue weighted by Crippen LogP contribution is -2.16. The Morgan fingerprint density at radius 2 is 2.16 bits per heavy atom. The maximum atomic E-state index is 13.9. The van der Waals surface area contributed by atoms with Crippen LogP contribution in [0.1, 0.15) is 17.2 Å². The molecular weight excluding hydrogens is 245 g/mol. The van der Waals surface area contributed by atoms with Gasteiger partial charge < -0.3 is 16.2 Å². The summed E-state index contributed by atoms with van der Waals surface area (Å²) in [6.45, 7) is 0. The molecule has 0 fully saturated rings. The molecule has 0 radical (unpaired) electrons. The summed E-state index contributed by atoms with van der Waals surface area (Å²) in [5, 5.41) is 0. The maximum Gasteiger partial charge on any atom is 0.131 e. The number of rotatable bonds is 4. The van der Waals surface area contributed by atoms with Crippen LogP contribution in [0.4, 0.5) is 10.2 Å². The minimum atomic E-state index is -0.502. The van der Waals surface area contributed by atoms with Crippen molar-refractivity contribution in [3.05, 3.63) is 53.5 Å². The molecule has 1 aromatic carbocycles. The number of benzene rings is 1. The summed E-state index contributed by atoms with van der Waals surface area (Å²) >= 11 is 0. The molecular formula is C14H16FN3O. The first-order valence-electron chi connectivity index (χ1n) is 5.90. The van der Waals surface area contributed by atoms with Gasteiger partial charge in [-0.1, -0.05) is 6.07 Å². The number of nitrogens with two attached hydrogens (primary N) is 2. The van der Waals surface area contributed by atoms with Gasteiger partial charge >= 0.3 is 0 Å². The highest BCUT2D eigenvalue weighted by atomic mass is 19.1. The van der Waals surface area contributed by atoms with E-state index in [1.165, 1.54) is 13.2 Å². The Balaban J connectivity index is 2.27. The monoisotopic (exact) mass is 261 g/mol. The second-order valence-corrected chi connectivity index (χ2v) is 4.26. The van der Waals surface area contributed by atoms with Crippen molar-refractivity contribution in [3.8, 4) is 5.75 Å². The third kappa shape index (κ3) is 3.00. The summed E-state index contributed by atoms with van der Waals surface area (Å²) in [6.07, 6.45) is 2.07. The predicted octanol–water partition coefficient (Wildman–Crippen LogP) is 2.05. The van der Waals surface area contributed by atoms with Gasteiger partial charge in [-0.15, -0.1) is 0 Å². The molecule has 4 nitrogen and oxygen atoms in total. The zero-order valence-corrected chi connectivity index (χ0v) is 10.6. The Morgan fingerprint density at radius 3 is 2.84 bits per heavy atom. The average molecular weight is 261 g/mol. The van der Waals surface area contributed by atoms with E-state index in [1.54, 1.807) is 24.4 Å². The molecule has 1 aromatic heterocycles. The minimum absolute atomic E-state index is 0.367. The molecule has 0 aliphatic heterocycles. The third-order valence-corrected chi connectivity index (χ3v) is 2.90. The summed E-state index contributed by atoms with van der Waals surface area (Å²) in [5.74, 6) is 0.508. The van der Waals surface area contributed by atoms with Crippen molar-refractivity contribution < 1.29 is 9.13 Å². The maximum absolute atomic E-state index is 13.9. The number of anilines is 1. The lowest BCUT2D eigenvalue weighted by atomic mass is 9.99. The van der Waals surface area contributed by atoms with Gasteiger partial charge in [0.25, 0.3) is 0 Å². The first-order valence-corrected chi connectivity index (χ1v) is 5.90. The number of ether oxygens (including phenoxy) is 1. The number of nitrogens with zero attached hydrogens (tertiary/aromatic N) is 1. The van der Waals surface area contributed by atoms with Crippen LogP contribution < -0.4 is 16.2 Å². The van der Waals surface area contributed by atoms with Crippen LogP contribution in [-0.2, 0) is 6.42 Å². The van der Waals surface area contributed by atoms with Crippen LogP contribution in [0.5, 0.6) is 5.75 Å². The van der Waals surface area contributed by atoms with Gasteiger partial charge in [-0.05, 0) is 36.2 Å². The molecule has 1 unspecified atom stereocenters. The first kappa shape index (κ1) is 13.3. The number of hydrogen-bond donors (Lipinski definition) is 2. The van der Waals surface area contributed by atoms with Gasteiger partial charge in [-0.3, -0.25) is 0 Å². The zero-order chi connectivity index (χ0) is 13.8. The smallest absolute Gasteiger partial charge is 0.131 e. The third-order valence-electron chi connectivity index (χ3n) is 2.90. The van der Waals surface area contributed by atoms with Gasteiger partial charge in [-0.2, -0.15) is 0 Å². The van der Waals surface area contributed by atoms with E-state index in [0.29, 0.717) is 23.6 Å². The standard InChI is InChI=1S/C14H16FN3O/c1-19-12-4-2-3-10(15)14(12)11(16)7-9-5-6-18-13(17)8-9/h2-6,8,11H,7,16H2,1H3,(H2,17,18). The number of aromatic nitrogens is 1. The molecule has 19 heavy (non-hydrogen) atoms. The van der Waals surface area contributed by atoms with E-state index in [9.17, 15) is 4.39 Å². The fraction of sp³-hybridized carbons (Fsp3) is 0.214. The molecule has 2 aromatic rings. The molecule has 4 N–H and O–H groups in total. The molecule has 2 rings (SSSR count). The largest absolute Gasteiger partial charge is 0.496 e. The van der Waals surface area contributed by atoms with E-state index in [4.69, 9.17) is 16.2 Å². The van der Waals surface area contributed by atoms with Crippen molar-refractivity contribution in [2.75, 3.05) is 12.8 Å². The molecule has 5 heteroatoms. The highest BCUT2D eigenvalue weighted by Gasteiger charge is 2.17. The van der Waals surface area contributed by atoms with Crippen molar-refractivity contribution in [3.63, 3.8) is 0 Å². The van der Waals surface area contributed by atoms with Crippen molar-refractivity contribution in [2.45, 2.75) is 12.5 Å². The van der Waals surface area contributed by atoms with Crippen molar-refractivity contribution >= 4 is 5.82 Å². The summed E-state index contributed by atoms with van der Waals surface area (Å²) in [4.78, 5) is 3.91. The summed E-state index contributed by atoms with van der Waals surface area (Å²) in [5.41, 5.74) is 13.0. The van der Waals surface area contributed by atoms with Crippen LogP contribution in [0.15, 0.2) is 36.5 Å². The van der Waals surface area contributed by atoms with Gasteiger partial charge in [0.15, 0.2) is 0 Å². The molecule has 0 saturated carbocycles. The topological polar surface area (TPSA) is 74.2 Å². The normalized spacial score (nSPS) is 12.2. The molecule has 100 valence electrons. The van der Waals surface area contributed by atoms with E-state index in [0.717, 1.165) is 5.56 Å². The molecule has 0 aliphatic carbocycles. The number of halogens is 1. The zero-order valence-electron chi connectivity index (χ0n) is 10.6. The molecule has 0 saturated heterocycles. The van der Waals surface area contributed by atoms with Gasteiger partial charge in [0, 0.05) is 17.8 Å². The lowest BCUT2D eigenvalue weighted by molar-refractivity contribution is 0.399. The van der Waals surface area contributed by atoms with E-state index >= 15 is 0 Å². The first-order chi connectivity index (χ1) is 9.11. The summed E-state index contributed by atoms with van der Waals surface area (Å²) in [7, 11) is 1.50. The Labute approximate surface area is 111 Å². The van der Waals surface area contributed by atoms with Crippen LogP contribution >= 0.6 is 0 Å². The van der Waals surface area contributed by atoms with E-state index in [2.05, 4.69) is 4.98 Å². The van der Waals surface area contributed by atoms with Gasteiger partial charge in [0.1, 0.15) is 17.4 Å². The number of hydrogen-bond acceptors (Lipinski definition) is 4. The fourth-order valence-electron chi connectivity index (χ4n) is 2.03. The van der Waals surface area contributed by atoms with Gasteiger partial charge in [0.05, 0.1) is 7.11 Å². The molecule has 0 aliphatic rings. The number of pyridine rings is 1. The Bertz CT molecular complexity index is 574. The summed E-state index contributed by atoms with van der Waals surface area (Å²) < 4.78 is 19.0.